The summed E-state index contributed by atoms with van der Waals surface area (Å²) in [6.07, 6.45) is -2.57. The van der Waals surface area contributed by atoms with Gasteiger partial charge in [-0.3, -0.25) is 0 Å². The highest BCUT2D eigenvalue weighted by Crippen LogP contribution is 2.22. The van der Waals surface area contributed by atoms with Gasteiger partial charge in [0.25, 0.3) is 0 Å². The number of alkyl carbamates (subject to hydrolysis) is 1. The topological polar surface area (TPSA) is 99.0 Å². The van der Waals surface area contributed by atoms with Gasteiger partial charge in [-0.05, 0) is 38.3 Å². The molecule has 124 valence electrons. The second-order valence-electron chi connectivity index (χ2n) is 6.09. The lowest BCUT2D eigenvalue weighted by Crippen LogP contribution is -2.34. The molecule has 0 spiro atoms. The zero-order valence-corrected chi connectivity index (χ0v) is 13.2. The smallest absolute Gasteiger partial charge is 0.407 e. The van der Waals surface area contributed by atoms with E-state index in [2.05, 4.69) is 5.32 Å². The number of carbonyl (C=O) groups excluding carboxylic acids is 1. The lowest BCUT2D eigenvalue weighted by atomic mass is 9.97. The van der Waals surface area contributed by atoms with Crippen molar-refractivity contribution in [3.05, 3.63) is 35.4 Å². The molecule has 1 rings (SSSR count). The molecule has 0 saturated carbocycles. The van der Waals surface area contributed by atoms with Gasteiger partial charge in [-0.2, -0.15) is 0 Å². The Balaban J connectivity index is 2.48. The highest BCUT2D eigenvalue weighted by Gasteiger charge is 2.21. The molecule has 0 aliphatic heterocycles. The van der Waals surface area contributed by atoms with E-state index in [0.717, 1.165) is 0 Å². The van der Waals surface area contributed by atoms with Crippen molar-refractivity contribution in [2.45, 2.75) is 51.6 Å². The van der Waals surface area contributed by atoms with Crippen LogP contribution in [-0.2, 0) is 11.3 Å². The van der Waals surface area contributed by atoms with Crippen molar-refractivity contribution < 1.29 is 24.9 Å². The Morgan fingerprint density at radius 3 is 2.50 bits per heavy atom. The third-order valence-electron chi connectivity index (χ3n) is 3.02. The maximum Gasteiger partial charge on any atom is 0.407 e. The number of rotatable bonds is 6. The fourth-order valence-corrected chi connectivity index (χ4v) is 1.97. The monoisotopic (exact) mass is 311 g/mol. The van der Waals surface area contributed by atoms with E-state index in [0.29, 0.717) is 11.1 Å². The molecular weight excluding hydrogens is 286 g/mol. The van der Waals surface area contributed by atoms with Crippen LogP contribution < -0.4 is 5.32 Å². The largest absolute Gasteiger partial charge is 0.444 e. The van der Waals surface area contributed by atoms with E-state index in [4.69, 9.17) is 4.74 Å². The molecule has 2 atom stereocenters. The van der Waals surface area contributed by atoms with Crippen LogP contribution in [0.15, 0.2) is 24.3 Å². The molecule has 4 N–H and O–H groups in total. The molecule has 0 radical (unpaired) electrons. The number of hydrogen-bond donors (Lipinski definition) is 4. The van der Waals surface area contributed by atoms with Crippen molar-refractivity contribution >= 4 is 6.09 Å². The van der Waals surface area contributed by atoms with Crippen molar-refractivity contribution in [2.75, 3.05) is 6.54 Å². The van der Waals surface area contributed by atoms with Crippen LogP contribution in [0.2, 0.25) is 0 Å². The minimum Gasteiger partial charge on any atom is -0.444 e. The molecule has 0 fully saturated rings. The predicted octanol–water partition coefficient (Wildman–Crippen LogP) is 1.49. The number of aliphatic hydroxyl groups is 3. The molecule has 0 saturated heterocycles. The molecule has 22 heavy (non-hydrogen) atoms. The van der Waals surface area contributed by atoms with Gasteiger partial charge in [-0.25, -0.2) is 4.79 Å². The summed E-state index contributed by atoms with van der Waals surface area (Å²) >= 11 is 0. The third-order valence-corrected chi connectivity index (χ3v) is 3.02. The lowest BCUT2D eigenvalue weighted by Gasteiger charge is -2.22. The molecule has 1 amide bonds. The normalized spacial score (nSPS) is 14.3. The number of hydrogen-bond acceptors (Lipinski definition) is 5. The summed E-state index contributed by atoms with van der Waals surface area (Å²) < 4.78 is 5.07. The Morgan fingerprint density at radius 1 is 1.27 bits per heavy atom. The van der Waals surface area contributed by atoms with Gasteiger partial charge in [0.2, 0.25) is 0 Å². The number of ether oxygens (including phenoxy) is 1. The van der Waals surface area contributed by atoms with Crippen molar-refractivity contribution in [1.29, 1.82) is 0 Å². The van der Waals surface area contributed by atoms with Crippen LogP contribution in [0.4, 0.5) is 4.79 Å². The summed E-state index contributed by atoms with van der Waals surface area (Å²) in [5.41, 5.74) is 0.464. The van der Waals surface area contributed by atoms with Crippen LogP contribution in [0.25, 0.3) is 0 Å². The second-order valence-corrected chi connectivity index (χ2v) is 6.09. The molecule has 1 aromatic rings. The number of benzene rings is 1. The van der Waals surface area contributed by atoms with Crippen LogP contribution >= 0.6 is 0 Å². The standard InChI is InChI=1S/C16H25NO5/c1-16(2,3)22-15(21)17-9-8-13(19)14(20)12-7-5-4-6-11(12)10-18/h4-7,13-14,18-20H,8-10H2,1-3H3,(H,17,21). The van der Waals surface area contributed by atoms with E-state index in [1.807, 2.05) is 0 Å². The Morgan fingerprint density at radius 2 is 1.91 bits per heavy atom. The summed E-state index contributed by atoms with van der Waals surface area (Å²) in [6, 6.07) is 6.81. The fraction of sp³-hybridized carbons (Fsp3) is 0.562. The van der Waals surface area contributed by atoms with Crippen molar-refractivity contribution in [2.24, 2.45) is 0 Å². The molecule has 0 bridgehead atoms. The zero-order valence-electron chi connectivity index (χ0n) is 13.2. The van der Waals surface area contributed by atoms with Gasteiger partial charge in [-0.15, -0.1) is 0 Å². The Kier molecular flexibility index (Phi) is 6.80. The van der Waals surface area contributed by atoms with Crippen LogP contribution in [0.3, 0.4) is 0 Å². The lowest BCUT2D eigenvalue weighted by molar-refractivity contribution is 0.0113. The Bertz CT molecular complexity index is 484. The third kappa shape index (κ3) is 6.01. The highest BCUT2D eigenvalue weighted by atomic mass is 16.6. The SMILES string of the molecule is CC(C)(C)OC(=O)NCCC(O)C(O)c1ccccc1CO. The predicted molar refractivity (Wildman–Crippen MR) is 82.2 cm³/mol. The van der Waals surface area contributed by atoms with Gasteiger partial charge in [0, 0.05) is 6.54 Å². The molecule has 6 nitrogen and oxygen atoms in total. The van der Waals surface area contributed by atoms with Crippen LogP contribution in [0, 0.1) is 0 Å². The Labute approximate surface area is 130 Å². The van der Waals surface area contributed by atoms with Crippen molar-refractivity contribution in [3.8, 4) is 0 Å². The first kappa shape index (κ1) is 18.4. The zero-order chi connectivity index (χ0) is 16.8. The van der Waals surface area contributed by atoms with Crippen molar-refractivity contribution in [3.63, 3.8) is 0 Å². The molecule has 0 heterocycles. The molecule has 6 heteroatoms. The molecular formula is C16H25NO5. The average molecular weight is 311 g/mol. The maximum atomic E-state index is 11.5. The summed E-state index contributed by atoms with van der Waals surface area (Å²) in [7, 11) is 0. The molecule has 1 aromatic carbocycles. The number of nitrogens with one attached hydrogen (secondary N) is 1. The van der Waals surface area contributed by atoms with Gasteiger partial charge in [0.1, 0.15) is 11.7 Å². The molecule has 2 unspecified atom stereocenters. The Hall–Kier alpha value is -1.63. The van der Waals surface area contributed by atoms with Crippen LogP contribution in [0.5, 0.6) is 0 Å². The van der Waals surface area contributed by atoms with Gasteiger partial charge >= 0.3 is 6.09 Å². The quantitative estimate of drug-likeness (QED) is 0.638. The van der Waals surface area contributed by atoms with E-state index in [1.54, 1.807) is 45.0 Å². The van der Waals surface area contributed by atoms with Crippen LogP contribution in [-0.4, -0.2) is 39.7 Å². The minimum atomic E-state index is -1.12. The summed E-state index contributed by atoms with van der Waals surface area (Å²) in [5.74, 6) is 0. The number of carbonyl (C=O) groups is 1. The van der Waals surface area contributed by atoms with Crippen LogP contribution in [0.1, 0.15) is 44.4 Å². The molecule has 0 aliphatic rings. The van der Waals surface area contributed by atoms with Gasteiger partial charge < -0.3 is 25.4 Å². The van der Waals surface area contributed by atoms with E-state index < -0.39 is 23.9 Å². The highest BCUT2D eigenvalue weighted by molar-refractivity contribution is 5.67. The maximum absolute atomic E-state index is 11.5. The van der Waals surface area contributed by atoms with E-state index in [9.17, 15) is 20.1 Å². The van der Waals surface area contributed by atoms with E-state index >= 15 is 0 Å². The van der Waals surface area contributed by atoms with Crippen molar-refractivity contribution in [1.82, 2.24) is 5.32 Å². The summed E-state index contributed by atoms with van der Waals surface area (Å²) in [4.78, 5) is 11.5. The van der Waals surface area contributed by atoms with Gasteiger partial charge in [0.15, 0.2) is 0 Å². The first-order valence-electron chi connectivity index (χ1n) is 7.26. The summed E-state index contributed by atoms with van der Waals surface area (Å²) in [5, 5.41) is 31.9. The first-order chi connectivity index (χ1) is 10.2. The average Bonchev–Trinajstić information content (AvgIpc) is 2.44. The van der Waals surface area contributed by atoms with Gasteiger partial charge in [-0.1, -0.05) is 24.3 Å². The summed E-state index contributed by atoms with van der Waals surface area (Å²) in [6.45, 7) is 5.25. The second kappa shape index (κ2) is 8.12. The van der Waals surface area contributed by atoms with E-state index in [-0.39, 0.29) is 19.6 Å². The molecule has 0 aromatic heterocycles. The molecule has 0 aliphatic carbocycles. The van der Waals surface area contributed by atoms with Gasteiger partial charge in [0.05, 0.1) is 12.7 Å². The first-order valence-corrected chi connectivity index (χ1v) is 7.26. The number of amides is 1. The minimum absolute atomic E-state index is 0.167. The number of aliphatic hydroxyl groups excluding tert-OH is 3. The van der Waals surface area contributed by atoms with E-state index in [1.165, 1.54) is 0 Å². The fourth-order valence-electron chi connectivity index (χ4n) is 1.97.